The molecule has 0 bridgehead atoms. The molecule has 0 aliphatic heterocycles. The zero-order valence-corrected chi connectivity index (χ0v) is 7.07. The van der Waals surface area contributed by atoms with Crippen molar-refractivity contribution in [2.24, 2.45) is 5.92 Å². The van der Waals surface area contributed by atoms with Crippen LogP contribution in [0.2, 0.25) is 0 Å². The first-order valence-electron chi connectivity index (χ1n) is 3.77. The lowest BCUT2D eigenvalue weighted by Gasteiger charge is -1.97. The molecule has 0 amide bonds. The minimum atomic E-state index is -1.12. The second-order valence-electron chi connectivity index (χ2n) is 3.03. The fourth-order valence-electron chi connectivity index (χ4n) is 0.903. The molecular weight excluding hydrogens is 158 g/mol. The van der Waals surface area contributed by atoms with E-state index in [1.54, 1.807) is 0 Å². The number of carbonyl (C=O) groups is 1. The van der Waals surface area contributed by atoms with Crippen LogP contribution >= 0.6 is 0 Å². The van der Waals surface area contributed by atoms with Gasteiger partial charge in [0.2, 0.25) is 0 Å². The Hall–Kier alpha value is -1.32. The van der Waals surface area contributed by atoms with Gasteiger partial charge in [-0.05, 0) is 5.92 Å². The van der Waals surface area contributed by atoms with Gasteiger partial charge in [0.05, 0.1) is 6.20 Å². The number of carboxylic acids is 1. The van der Waals surface area contributed by atoms with Crippen LogP contribution in [-0.4, -0.2) is 16.1 Å². The van der Waals surface area contributed by atoms with Crippen LogP contribution in [0.1, 0.15) is 30.3 Å². The third kappa shape index (κ3) is 2.08. The van der Waals surface area contributed by atoms with E-state index in [1.807, 2.05) is 13.8 Å². The largest absolute Gasteiger partial charge is 0.474 e. The number of carboxylic acid groups (broad SMARTS) is 1. The molecular formula is C8H11NO3. The van der Waals surface area contributed by atoms with Crippen molar-refractivity contribution in [3.63, 3.8) is 0 Å². The SMILES string of the molecule is CC(C)Cc1cnc(C(=O)O)o1. The number of aromatic nitrogens is 1. The van der Waals surface area contributed by atoms with Gasteiger partial charge in [-0.2, -0.15) is 0 Å². The monoisotopic (exact) mass is 169 g/mol. The van der Waals surface area contributed by atoms with Gasteiger partial charge in [0, 0.05) is 6.42 Å². The molecule has 0 aliphatic carbocycles. The summed E-state index contributed by atoms with van der Waals surface area (Å²) in [5.74, 6) is -0.280. The predicted molar refractivity (Wildman–Crippen MR) is 42.0 cm³/mol. The van der Waals surface area contributed by atoms with Gasteiger partial charge in [-0.3, -0.25) is 0 Å². The zero-order chi connectivity index (χ0) is 9.14. The molecule has 66 valence electrons. The second kappa shape index (κ2) is 3.38. The Bertz CT molecular complexity index is 278. The summed E-state index contributed by atoms with van der Waals surface area (Å²) in [4.78, 5) is 13.9. The van der Waals surface area contributed by atoms with E-state index in [9.17, 15) is 4.79 Å². The molecule has 0 aromatic carbocycles. The fraction of sp³-hybridized carbons (Fsp3) is 0.500. The van der Waals surface area contributed by atoms with E-state index in [1.165, 1.54) is 6.20 Å². The Labute approximate surface area is 70.2 Å². The normalized spacial score (nSPS) is 10.6. The van der Waals surface area contributed by atoms with Crippen molar-refractivity contribution in [2.75, 3.05) is 0 Å². The van der Waals surface area contributed by atoms with Gasteiger partial charge < -0.3 is 9.52 Å². The second-order valence-corrected chi connectivity index (χ2v) is 3.03. The van der Waals surface area contributed by atoms with Crippen LogP contribution in [-0.2, 0) is 6.42 Å². The van der Waals surface area contributed by atoms with Crippen LogP contribution < -0.4 is 0 Å². The predicted octanol–water partition coefficient (Wildman–Crippen LogP) is 1.57. The van der Waals surface area contributed by atoms with Crippen LogP contribution in [0, 0.1) is 5.92 Å². The number of aromatic carboxylic acids is 1. The molecule has 0 fully saturated rings. The summed E-state index contributed by atoms with van der Waals surface area (Å²) >= 11 is 0. The molecule has 0 saturated carbocycles. The first kappa shape index (κ1) is 8.77. The number of hydrogen-bond acceptors (Lipinski definition) is 3. The third-order valence-corrected chi connectivity index (χ3v) is 1.35. The summed E-state index contributed by atoms with van der Waals surface area (Å²) in [5.41, 5.74) is 0. The molecule has 1 N–H and O–H groups in total. The molecule has 4 heteroatoms. The maximum atomic E-state index is 10.3. The van der Waals surface area contributed by atoms with Crippen molar-refractivity contribution in [1.82, 2.24) is 4.98 Å². The minimum absolute atomic E-state index is 0.231. The average molecular weight is 169 g/mol. The topological polar surface area (TPSA) is 63.3 Å². The van der Waals surface area contributed by atoms with E-state index < -0.39 is 5.97 Å². The molecule has 4 nitrogen and oxygen atoms in total. The van der Waals surface area contributed by atoms with Crippen LogP contribution in [0.4, 0.5) is 0 Å². The lowest BCUT2D eigenvalue weighted by atomic mass is 10.1. The van der Waals surface area contributed by atoms with Crippen LogP contribution in [0.15, 0.2) is 10.6 Å². The molecule has 0 aliphatic rings. The molecule has 0 spiro atoms. The van der Waals surface area contributed by atoms with Crippen LogP contribution in [0.3, 0.4) is 0 Å². The summed E-state index contributed by atoms with van der Waals surface area (Å²) in [7, 11) is 0. The van der Waals surface area contributed by atoms with E-state index >= 15 is 0 Å². The maximum Gasteiger partial charge on any atom is 0.392 e. The highest BCUT2D eigenvalue weighted by molar-refractivity contribution is 5.81. The molecule has 0 unspecified atom stereocenters. The molecule has 0 atom stereocenters. The number of nitrogens with zero attached hydrogens (tertiary/aromatic N) is 1. The molecule has 12 heavy (non-hydrogen) atoms. The van der Waals surface area contributed by atoms with Gasteiger partial charge in [-0.15, -0.1) is 0 Å². The number of rotatable bonds is 3. The van der Waals surface area contributed by atoms with Crippen molar-refractivity contribution in [3.05, 3.63) is 17.8 Å². The Balaban J connectivity index is 2.71. The fourth-order valence-corrected chi connectivity index (χ4v) is 0.903. The Morgan fingerprint density at radius 2 is 2.42 bits per heavy atom. The Kier molecular flexibility index (Phi) is 2.47. The number of oxazole rings is 1. The van der Waals surface area contributed by atoms with Gasteiger partial charge >= 0.3 is 11.9 Å². The van der Waals surface area contributed by atoms with Gasteiger partial charge in [-0.25, -0.2) is 9.78 Å². The molecule has 1 heterocycles. The highest BCUT2D eigenvalue weighted by atomic mass is 16.4. The van der Waals surface area contributed by atoms with Gasteiger partial charge in [0.15, 0.2) is 0 Å². The van der Waals surface area contributed by atoms with Gasteiger partial charge in [-0.1, -0.05) is 13.8 Å². The Morgan fingerprint density at radius 3 is 2.83 bits per heavy atom. The van der Waals surface area contributed by atoms with Gasteiger partial charge in [0.1, 0.15) is 5.76 Å². The average Bonchev–Trinajstić information content (AvgIpc) is 2.34. The van der Waals surface area contributed by atoms with Crippen molar-refractivity contribution in [1.29, 1.82) is 0 Å². The summed E-state index contributed by atoms with van der Waals surface area (Å²) in [5, 5.41) is 8.48. The minimum Gasteiger partial charge on any atom is -0.474 e. The quantitative estimate of drug-likeness (QED) is 0.745. The van der Waals surface area contributed by atoms with E-state index in [0.29, 0.717) is 11.7 Å². The summed E-state index contributed by atoms with van der Waals surface area (Å²) in [6.45, 7) is 4.06. The smallest absolute Gasteiger partial charge is 0.392 e. The van der Waals surface area contributed by atoms with Crippen molar-refractivity contribution in [2.45, 2.75) is 20.3 Å². The van der Waals surface area contributed by atoms with Crippen molar-refractivity contribution >= 4 is 5.97 Å². The van der Waals surface area contributed by atoms with Gasteiger partial charge in [0.25, 0.3) is 0 Å². The highest BCUT2D eigenvalue weighted by Gasteiger charge is 2.11. The van der Waals surface area contributed by atoms with E-state index in [0.717, 1.165) is 6.42 Å². The van der Waals surface area contributed by atoms with E-state index in [-0.39, 0.29) is 5.89 Å². The molecule has 0 radical (unpaired) electrons. The summed E-state index contributed by atoms with van der Waals surface area (Å²) in [6, 6.07) is 0. The summed E-state index contributed by atoms with van der Waals surface area (Å²) in [6.07, 6.45) is 2.18. The van der Waals surface area contributed by atoms with Crippen LogP contribution in [0.5, 0.6) is 0 Å². The van der Waals surface area contributed by atoms with Crippen LogP contribution in [0.25, 0.3) is 0 Å². The first-order valence-corrected chi connectivity index (χ1v) is 3.77. The zero-order valence-electron chi connectivity index (χ0n) is 7.07. The van der Waals surface area contributed by atoms with Crippen molar-refractivity contribution in [3.8, 4) is 0 Å². The maximum absolute atomic E-state index is 10.3. The lowest BCUT2D eigenvalue weighted by molar-refractivity contribution is 0.0651. The van der Waals surface area contributed by atoms with Crippen molar-refractivity contribution < 1.29 is 14.3 Å². The Morgan fingerprint density at radius 1 is 1.75 bits per heavy atom. The van der Waals surface area contributed by atoms with E-state index in [4.69, 9.17) is 9.52 Å². The number of hydrogen-bond donors (Lipinski definition) is 1. The summed E-state index contributed by atoms with van der Waals surface area (Å²) < 4.78 is 4.95. The third-order valence-electron chi connectivity index (χ3n) is 1.35. The molecule has 1 aromatic heterocycles. The highest BCUT2D eigenvalue weighted by Crippen LogP contribution is 2.09. The molecule has 1 aromatic rings. The van der Waals surface area contributed by atoms with E-state index in [2.05, 4.69) is 4.98 Å². The lowest BCUT2D eigenvalue weighted by Crippen LogP contribution is -1.95. The molecule has 1 rings (SSSR count). The standard InChI is InChI=1S/C8H11NO3/c1-5(2)3-6-4-9-7(12-6)8(10)11/h4-5H,3H2,1-2H3,(H,10,11). The molecule has 0 saturated heterocycles. The first-order chi connectivity index (χ1) is 5.59.